The molecule has 154 valence electrons. The van der Waals surface area contributed by atoms with Crippen molar-refractivity contribution in [3.63, 3.8) is 0 Å². The lowest BCUT2D eigenvalue weighted by Gasteiger charge is -2.19. The number of rotatable bonds is 8. The second kappa shape index (κ2) is 9.28. The number of hydrogen-bond donors (Lipinski definition) is 4. The van der Waals surface area contributed by atoms with E-state index >= 15 is 0 Å². The fourth-order valence-corrected chi connectivity index (χ4v) is 3.68. The molecule has 0 unspecified atom stereocenters. The van der Waals surface area contributed by atoms with Crippen LogP contribution in [-0.2, 0) is 14.4 Å². The zero-order chi connectivity index (χ0) is 21.0. The summed E-state index contributed by atoms with van der Waals surface area (Å²) < 4.78 is 0. The van der Waals surface area contributed by atoms with E-state index < -0.39 is 17.9 Å². The summed E-state index contributed by atoms with van der Waals surface area (Å²) in [5, 5.41) is 9.00. The van der Waals surface area contributed by atoms with Gasteiger partial charge in [-0.25, -0.2) is 0 Å². The lowest BCUT2D eigenvalue weighted by Crippen LogP contribution is -2.47. The number of benzene rings is 1. The number of alkyl halides is 1. The van der Waals surface area contributed by atoms with Gasteiger partial charge < -0.3 is 20.9 Å². The number of ketones is 1. The van der Waals surface area contributed by atoms with Crippen molar-refractivity contribution in [2.45, 2.75) is 18.9 Å². The average molecular weight is 439 g/mol. The van der Waals surface area contributed by atoms with Crippen LogP contribution in [0.25, 0.3) is 10.9 Å². The summed E-state index contributed by atoms with van der Waals surface area (Å²) in [6, 6.07) is 6.04. The Kier molecular flexibility index (Phi) is 6.76. The third-order valence-corrected chi connectivity index (χ3v) is 5.38. The van der Waals surface area contributed by atoms with Gasteiger partial charge in [0.05, 0.1) is 29.0 Å². The van der Waals surface area contributed by atoms with Gasteiger partial charge in [-0.2, -0.15) is 0 Å². The van der Waals surface area contributed by atoms with Crippen molar-refractivity contribution >= 4 is 57.6 Å². The zero-order valence-electron chi connectivity index (χ0n) is 15.4. The predicted molar refractivity (Wildman–Crippen MR) is 109 cm³/mol. The molecule has 1 aliphatic heterocycles. The van der Waals surface area contributed by atoms with E-state index in [1.807, 2.05) is 6.07 Å². The van der Waals surface area contributed by atoms with Crippen molar-refractivity contribution in [3.05, 3.63) is 35.0 Å². The van der Waals surface area contributed by atoms with E-state index in [1.165, 1.54) is 0 Å². The van der Waals surface area contributed by atoms with Gasteiger partial charge in [-0.3, -0.25) is 19.2 Å². The Morgan fingerprint density at radius 1 is 1.28 bits per heavy atom. The highest BCUT2D eigenvalue weighted by Gasteiger charge is 2.30. The number of hydrogen-bond acceptors (Lipinski definition) is 4. The second-order valence-electron chi connectivity index (χ2n) is 6.80. The first kappa shape index (κ1) is 21.1. The lowest BCUT2D eigenvalue weighted by molar-refractivity contribution is -0.128. The molecule has 10 heteroatoms. The molecule has 1 fully saturated rings. The summed E-state index contributed by atoms with van der Waals surface area (Å²) in [5.74, 6) is -2.18. The monoisotopic (exact) mass is 438 g/mol. The van der Waals surface area contributed by atoms with Crippen LogP contribution in [-0.4, -0.2) is 53.5 Å². The van der Waals surface area contributed by atoms with Gasteiger partial charge in [0, 0.05) is 17.8 Å². The predicted octanol–water partition coefficient (Wildman–Crippen LogP) is 1.37. The summed E-state index contributed by atoms with van der Waals surface area (Å²) in [7, 11) is 0. The number of aromatic nitrogens is 1. The minimum atomic E-state index is -0.877. The van der Waals surface area contributed by atoms with Gasteiger partial charge in [-0.05, 0) is 25.0 Å². The topological polar surface area (TPSA) is 120 Å². The minimum Gasteiger partial charge on any atom is -0.356 e. The van der Waals surface area contributed by atoms with Crippen LogP contribution in [0.15, 0.2) is 24.3 Å². The molecule has 3 rings (SSSR count). The van der Waals surface area contributed by atoms with E-state index in [0.29, 0.717) is 23.5 Å². The third kappa shape index (κ3) is 5.07. The molecule has 4 N–H and O–H groups in total. The number of H-pyrrole nitrogens is 1. The number of Topliss-reactive ketones (excluding diaryl/α,β-unsaturated/α-hetero) is 1. The Bertz CT molecular complexity index is 959. The molecule has 3 amide bonds. The summed E-state index contributed by atoms with van der Waals surface area (Å²) >= 11 is 11.7. The quantitative estimate of drug-likeness (QED) is 0.465. The van der Waals surface area contributed by atoms with Crippen molar-refractivity contribution < 1.29 is 19.2 Å². The molecule has 0 bridgehead atoms. The fourth-order valence-electron chi connectivity index (χ4n) is 3.26. The number of nitrogens with one attached hydrogen (secondary N) is 4. The molecule has 1 aliphatic rings. The fraction of sp³-hybridized carbons (Fsp3) is 0.368. The molecule has 1 saturated heterocycles. The van der Waals surface area contributed by atoms with Crippen molar-refractivity contribution in [2.75, 3.05) is 19.0 Å². The van der Waals surface area contributed by atoms with Crippen molar-refractivity contribution in [1.82, 2.24) is 20.9 Å². The van der Waals surface area contributed by atoms with Crippen molar-refractivity contribution in [3.8, 4) is 0 Å². The Morgan fingerprint density at radius 3 is 2.72 bits per heavy atom. The van der Waals surface area contributed by atoms with Crippen molar-refractivity contribution in [2.24, 2.45) is 5.92 Å². The van der Waals surface area contributed by atoms with Crippen LogP contribution in [0.1, 0.15) is 23.3 Å². The molecule has 2 aromatic rings. The molecule has 1 aromatic carbocycles. The molecular formula is C19H20Cl2N4O4. The van der Waals surface area contributed by atoms with Crippen molar-refractivity contribution in [1.29, 1.82) is 0 Å². The van der Waals surface area contributed by atoms with Crippen LogP contribution in [0.3, 0.4) is 0 Å². The molecule has 8 nitrogen and oxygen atoms in total. The van der Waals surface area contributed by atoms with E-state index in [2.05, 4.69) is 20.9 Å². The second-order valence-corrected chi connectivity index (χ2v) is 7.48. The Labute approximate surface area is 176 Å². The number of carbonyl (C=O) groups excluding carboxylic acids is 4. The minimum absolute atomic E-state index is 0.141. The molecule has 0 radical (unpaired) electrons. The molecule has 0 aliphatic carbocycles. The molecule has 0 saturated carbocycles. The van der Waals surface area contributed by atoms with Crippen LogP contribution >= 0.6 is 23.2 Å². The number of aromatic amines is 1. The lowest BCUT2D eigenvalue weighted by atomic mass is 9.96. The first-order chi connectivity index (χ1) is 13.9. The Hall–Kier alpha value is -2.58. The molecule has 2 atom stereocenters. The smallest absolute Gasteiger partial charge is 0.268 e. The van der Waals surface area contributed by atoms with Crippen LogP contribution < -0.4 is 16.0 Å². The maximum absolute atomic E-state index is 12.3. The van der Waals surface area contributed by atoms with Crippen LogP contribution in [0.5, 0.6) is 0 Å². The van der Waals surface area contributed by atoms with Crippen LogP contribution in [0, 0.1) is 5.92 Å². The zero-order valence-corrected chi connectivity index (χ0v) is 16.9. The summed E-state index contributed by atoms with van der Waals surface area (Å²) in [4.78, 5) is 51.3. The number of fused-ring (bicyclic) bond motifs is 1. The first-order valence-corrected chi connectivity index (χ1v) is 10.0. The van der Waals surface area contributed by atoms with Gasteiger partial charge in [-0.1, -0.05) is 23.7 Å². The number of carbonyl (C=O) groups is 4. The van der Waals surface area contributed by atoms with E-state index in [0.717, 1.165) is 5.39 Å². The summed E-state index contributed by atoms with van der Waals surface area (Å²) in [6.45, 7) is 0.217. The van der Waals surface area contributed by atoms with Gasteiger partial charge in [0.25, 0.3) is 5.91 Å². The number of halogens is 2. The largest absolute Gasteiger partial charge is 0.356 e. The molecule has 29 heavy (non-hydrogen) atoms. The highest BCUT2D eigenvalue weighted by atomic mass is 35.5. The van der Waals surface area contributed by atoms with Crippen LogP contribution in [0.4, 0.5) is 0 Å². The van der Waals surface area contributed by atoms with Gasteiger partial charge in [0.1, 0.15) is 5.69 Å². The summed E-state index contributed by atoms with van der Waals surface area (Å²) in [5.41, 5.74) is 0.892. The average Bonchev–Trinajstić information content (AvgIpc) is 3.32. The maximum Gasteiger partial charge on any atom is 0.268 e. The van der Waals surface area contributed by atoms with E-state index in [1.54, 1.807) is 18.2 Å². The Balaban J connectivity index is 1.57. The SMILES string of the molecule is O=C(CNC(=O)c1cc2cccc(Cl)c2[nH]1)N[C@@H](C[C@@H]1CCNC1=O)C(=O)CCl. The normalized spacial score (nSPS) is 17.0. The van der Waals surface area contributed by atoms with Gasteiger partial charge in [0.15, 0.2) is 5.78 Å². The Morgan fingerprint density at radius 2 is 2.07 bits per heavy atom. The van der Waals surface area contributed by atoms with Gasteiger partial charge in [0.2, 0.25) is 11.8 Å². The van der Waals surface area contributed by atoms with E-state index in [9.17, 15) is 19.2 Å². The molecule has 0 spiro atoms. The first-order valence-electron chi connectivity index (χ1n) is 9.10. The highest BCUT2D eigenvalue weighted by molar-refractivity contribution is 6.35. The number of para-hydroxylation sites is 1. The standard InChI is InChI=1S/C19H20Cl2N4O4/c20-8-15(26)13(7-11-4-5-22-18(11)28)24-16(27)9-23-19(29)14-6-10-2-1-3-12(21)17(10)25-14/h1-3,6,11,13,25H,4-5,7-9H2,(H,22,28)(H,23,29)(H,24,27)/t11-,13-/m0/s1. The van der Waals surface area contributed by atoms with E-state index in [-0.39, 0.29) is 42.1 Å². The van der Waals surface area contributed by atoms with E-state index in [4.69, 9.17) is 23.2 Å². The number of amides is 3. The highest BCUT2D eigenvalue weighted by Crippen LogP contribution is 2.23. The summed E-state index contributed by atoms with van der Waals surface area (Å²) in [6.07, 6.45) is 0.776. The van der Waals surface area contributed by atoms with Gasteiger partial charge >= 0.3 is 0 Å². The molecule has 2 heterocycles. The third-order valence-electron chi connectivity index (χ3n) is 4.80. The molecular weight excluding hydrogens is 419 g/mol. The molecule has 1 aromatic heterocycles. The van der Waals surface area contributed by atoms with Gasteiger partial charge in [-0.15, -0.1) is 11.6 Å². The van der Waals surface area contributed by atoms with Crippen LogP contribution in [0.2, 0.25) is 5.02 Å². The maximum atomic E-state index is 12.3.